The van der Waals surface area contributed by atoms with Gasteiger partial charge in [0.05, 0.1) is 10.4 Å². The van der Waals surface area contributed by atoms with Crippen molar-refractivity contribution in [3.05, 3.63) is 58.4 Å². The van der Waals surface area contributed by atoms with Crippen LogP contribution in [0.2, 0.25) is 0 Å². The molecule has 21 heavy (non-hydrogen) atoms. The molecule has 0 bridgehead atoms. The van der Waals surface area contributed by atoms with Gasteiger partial charge in [0, 0.05) is 23.2 Å². The van der Waals surface area contributed by atoms with Gasteiger partial charge in [-0.25, -0.2) is 0 Å². The Balaban J connectivity index is 1.76. The number of hydrogen-bond donors (Lipinski definition) is 1. The number of hydrogen-bond acceptors (Lipinski definition) is 4. The van der Waals surface area contributed by atoms with Gasteiger partial charge < -0.3 is 9.84 Å². The topological polar surface area (TPSA) is 42.4 Å². The molecule has 0 aliphatic rings. The number of benzene rings is 1. The number of ether oxygens (including phenoxy) is 1. The lowest BCUT2D eigenvalue weighted by Crippen LogP contribution is -1.95. The molecule has 2 aromatic heterocycles. The summed E-state index contributed by atoms with van der Waals surface area (Å²) in [5, 5.41) is 11.8. The van der Waals surface area contributed by atoms with Crippen molar-refractivity contribution in [3.8, 4) is 17.6 Å². The molecule has 0 saturated heterocycles. The summed E-state index contributed by atoms with van der Waals surface area (Å²) in [5.41, 5.74) is 1.83. The average Bonchev–Trinajstić information content (AvgIpc) is 2.98. The molecule has 0 unspecified atom stereocenters. The van der Waals surface area contributed by atoms with E-state index >= 15 is 0 Å². The Labute approximate surface area is 126 Å². The molecule has 3 aromatic rings. The zero-order valence-corrected chi connectivity index (χ0v) is 12.1. The van der Waals surface area contributed by atoms with Gasteiger partial charge in [0.2, 0.25) is 0 Å². The van der Waals surface area contributed by atoms with Gasteiger partial charge in [-0.05, 0) is 29.6 Å². The van der Waals surface area contributed by atoms with Crippen LogP contribution in [0.4, 0.5) is 0 Å². The van der Waals surface area contributed by atoms with Crippen molar-refractivity contribution in [2.45, 2.75) is 6.61 Å². The molecule has 2 heterocycles. The van der Waals surface area contributed by atoms with Gasteiger partial charge in [-0.2, -0.15) is 0 Å². The van der Waals surface area contributed by atoms with Gasteiger partial charge in [0.1, 0.15) is 19.0 Å². The molecule has 4 heteroatoms. The van der Waals surface area contributed by atoms with Gasteiger partial charge in [-0.1, -0.05) is 17.9 Å². The molecule has 0 amide bonds. The minimum Gasteiger partial charge on any atom is -0.488 e. The molecular weight excluding hydrogens is 282 g/mol. The normalized spacial score (nSPS) is 10.1. The zero-order valence-electron chi connectivity index (χ0n) is 11.2. The summed E-state index contributed by atoms with van der Waals surface area (Å²) in [5.74, 6) is 6.37. The van der Waals surface area contributed by atoms with Gasteiger partial charge in [-0.3, -0.25) is 4.98 Å². The third kappa shape index (κ3) is 3.22. The maximum Gasteiger partial charge on any atom is 0.124 e. The molecule has 3 rings (SSSR count). The maximum atomic E-state index is 8.76. The summed E-state index contributed by atoms with van der Waals surface area (Å²) in [6.45, 7) is 0.331. The number of aromatic nitrogens is 1. The van der Waals surface area contributed by atoms with Gasteiger partial charge >= 0.3 is 0 Å². The molecule has 0 saturated carbocycles. The first kappa shape index (κ1) is 13.6. The highest BCUT2D eigenvalue weighted by Crippen LogP contribution is 2.22. The molecule has 1 N–H and O–H groups in total. The Morgan fingerprint density at radius 2 is 2.19 bits per heavy atom. The second-order valence-corrected chi connectivity index (χ2v) is 5.36. The van der Waals surface area contributed by atoms with Crippen LogP contribution >= 0.6 is 11.3 Å². The minimum absolute atomic E-state index is 0.132. The lowest BCUT2D eigenvalue weighted by Gasteiger charge is -2.06. The van der Waals surface area contributed by atoms with Crippen LogP contribution in [0.3, 0.4) is 0 Å². The standard InChI is InChI=1S/C17H13NO2S/c19-9-2-4-14-7-10-21-17(14)12-20-15-6-5-13-3-1-8-18-16(13)11-15/h1,3,5-8,10-11,19H,9,12H2. The van der Waals surface area contributed by atoms with Crippen LogP contribution in [-0.2, 0) is 6.61 Å². The summed E-state index contributed by atoms with van der Waals surface area (Å²) < 4.78 is 5.82. The van der Waals surface area contributed by atoms with Gasteiger partial charge in [0.25, 0.3) is 0 Å². The molecule has 3 nitrogen and oxygen atoms in total. The SMILES string of the molecule is OCC#Cc1ccsc1COc1ccc2cccnc2c1. The van der Waals surface area contributed by atoms with E-state index in [4.69, 9.17) is 9.84 Å². The number of nitrogens with zero attached hydrogens (tertiary/aromatic N) is 1. The molecule has 104 valence electrons. The average molecular weight is 295 g/mol. The molecule has 0 aliphatic carbocycles. The Morgan fingerprint density at radius 1 is 1.24 bits per heavy atom. The van der Waals surface area contributed by atoms with E-state index in [1.54, 1.807) is 17.5 Å². The van der Waals surface area contributed by atoms with Crippen LogP contribution in [0.25, 0.3) is 10.9 Å². The number of aliphatic hydroxyl groups is 1. The van der Waals surface area contributed by atoms with Crippen LogP contribution < -0.4 is 4.74 Å². The largest absolute Gasteiger partial charge is 0.488 e. The van der Waals surface area contributed by atoms with Crippen molar-refractivity contribution in [1.82, 2.24) is 4.98 Å². The van der Waals surface area contributed by atoms with E-state index in [2.05, 4.69) is 16.8 Å². The Bertz CT molecular complexity index is 814. The second kappa shape index (κ2) is 6.40. The summed E-state index contributed by atoms with van der Waals surface area (Å²) in [6.07, 6.45) is 1.77. The van der Waals surface area contributed by atoms with Crippen molar-refractivity contribution < 1.29 is 9.84 Å². The highest BCUT2D eigenvalue weighted by atomic mass is 32.1. The summed E-state index contributed by atoms with van der Waals surface area (Å²) in [4.78, 5) is 5.37. The molecule has 0 fully saturated rings. The minimum atomic E-state index is -0.132. The molecule has 0 spiro atoms. The van der Waals surface area contributed by atoms with Crippen LogP contribution in [0.1, 0.15) is 10.4 Å². The monoisotopic (exact) mass is 295 g/mol. The first-order valence-corrected chi connectivity index (χ1v) is 7.38. The third-order valence-corrected chi connectivity index (χ3v) is 3.89. The van der Waals surface area contributed by atoms with Gasteiger partial charge in [-0.15, -0.1) is 11.3 Å². The number of aliphatic hydroxyl groups excluding tert-OH is 1. The second-order valence-electron chi connectivity index (χ2n) is 4.36. The fourth-order valence-corrected chi connectivity index (χ4v) is 2.72. The fraction of sp³-hybridized carbons (Fsp3) is 0.118. The molecule has 1 aromatic carbocycles. The molecule has 0 aliphatic heterocycles. The van der Waals surface area contributed by atoms with Crippen molar-refractivity contribution in [1.29, 1.82) is 0 Å². The maximum absolute atomic E-state index is 8.76. The Morgan fingerprint density at radius 3 is 3.10 bits per heavy atom. The van der Waals surface area contributed by atoms with E-state index in [1.807, 2.05) is 41.8 Å². The smallest absolute Gasteiger partial charge is 0.124 e. The van der Waals surface area contributed by atoms with E-state index in [9.17, 15) is 0 Å². The molecule has 0 radical (unpaired) electrons. The summed E-state index contributed by atoms with van der Waals surface area (Å²) in [6, 6.07) is 11.7. The zero-order chi connectivity index (χ0) is 14.5. The summed E-state index contributed by atoms with van der Waals surface area (Å²) >= 11 is 1.60. The van der Waals surface area contributed by atoms with Crippen LogP contribution in [-0.4, -0.2) is 16.7 Å². The van der Waals surface area contributed by atoms with E-state index in [0.717, 1.165) is 27.1 Å². The van der Waals surface area contributed by atoms with Crippen molar-refractivity contribution in [2.75, 3.05) is 6.61 Å². The van der Waals surface area contributed by atoms with E-state index in [1.165, 1.54) is 0 Å². The summed E-state index contributed by atoms with van der Waals surface area (Å²) in [7, 11) is 0. The number of thiophene rings is 1. The highest BCUT2D eigenvalue weighted by Gasteiger charge is 2.04. The lowest BCUT2D eigenvalue weighted by atomic mass is 10.2. The predicted molar refractivity (Wildman–Crippen MR) is 84.4 cm³/mol. The Kier molecular flexibility index (Phi) is 4.15. The number of rotatable bonds is 3. The Hall–Kier alpha value is -2.35. The highest BCUT2D eigenvalue weighted by molar-refractivity contribution is 7.10. The van der Waals surface area contributed by atoms with E-state index in [-0.39, 0.29) is 6.61 Å². The van der Waals surface area contributed by atoms with Crippen molar-refractivity contribution in [3.63, 3.8) is 0 Å². The number of fused-ring (bicyclic) bond motifs is 1. The van der Waals surface area contributed by atoms with Crippen LogP contribution in [0.15, 0.2) is 48.0 Å². The quantitative estimate of drug-likeness (QED) is 0.754. The third-order valence-electron chi connectivity index (χ3n) is 2.99. The van der Waals surface area contributed by atoms with E-state index < -0.39 is 0 Å². The van der Waals surface area contributed by atoms with Crippen molar-refractivity contribution >= 4 is 22.2 Å². The van der Waals surface area contributed by atoms with E-state index in [0.29, 0.717) is 6.61 Å². The first-order chi connectivity index (χ1) is 10.4. The number of pyridine rings is 1. The molecular formula is C17H13NO2S. The lowest BCUT2D eigenvalue weighted by molar-refractivity contribution is 0.310. The van der Waals surface area contributed by atoms with Gasteiger partial charge in [0.15, 0.2) is 0 Å². The van der Waals surface area contributed by atoms with Crippen molar-refractivity contribution in [2.24, 2.45) is 0 Å². The molecule has 0 atom stereocenters. The van der Waals surface area contributed by atoms with Crippen LogP contribution in [0, 0.1) is 11.8 Å². The predicted octanol–water partition coefficient (Wildman–Crippen LogP) is 3.22. The van der Waals surface area contributed by atoms with Crippen LogP contribution in [0.5, 0.6) is 5.75 Å². The first-order valence-electron chi connectivity index (χ1n) is 6.50. The fourth-order valence-electron chi connectivity index (χ4n) is 1.98.